The van der Waals surface area contributed by atoms with Crippen molar-refractivity contribution < 1.29 is 18.9 Å². The van der Waals surface area contributed by atoms with Crippen LogP contribution in [0.25, 0.3) is 17.4 Å². The average Bonchev–Trinajstić information content (AvgIpc) is 3.31. The molecule has 9 heteroatoms. The second-order valence-electron chi connectivity index (χ2n) is 5.97. The molecule has 0 N–H and O–H groups in total. The Bertz CT molecular complexity index is 1220. The molecule has 1 aliphatic rings. The van der Waals surface area contributed by atoms with Crippen LogP contribution in [-0.4, -0.2) is 16.8 Å². The number of non-ortho nitro benzene ring substituents is 1. The molecule has 144 valence electrons. The molecule has 0 saturated heterocycles. The number of cyclic esters (lactones) is 1. The van der Waals surface area contributed by atoms with Crippen LogP contribution in [0, 0.1) is 13.7 Å². The van der Waals surface area contributed by atoms with Crippen molar-refractivity contribution in [2.24, 2.45) is 4.99 Å². The maximum absolute atomic E-state index is 12.2. The fourth-order valence-corrected chi connectivity index (χ4v) is 3.37. The predicted molar refractivity (Wildman–Crippen MR) is 118 cm³/mol. The molecule has 29 heavy (non-hydrogen) atoms. The van der Waals surface area contributed by atoms with Crippen molar-refractivity contribution in [1.82, 2.24) is 0 Å². The molecule has 0 spiro atoms. The summed E-state index contributed by atoms with van der Waals surface area (Å²) in [5, 5.41) is 10.9. The molecule has 1 aromatic heterocycles. The van der Waals surface area contributed by atoms with Crippen molar-refractivity contribution in [3.05, 3.63) is 89.8 Å². The molecule has 0 fully saturated rings. The van der Waals surface area contributed by atoms with Crippen LogP contribution in [-0.2, 0) is 9.53 Å². The minimum atomic E-state index is -0.581. The van der Waals surface area contributed by atoms with Crippen molar-refractivity contribution in [3.8, 4) is 11.3 Å². The molecule has 4 rings (SSSR count). The second-order valence-corrected chi connectivity index (χ2v) is 7.99. The van der Waals surface area contributed by atoms with E-state index in [2.05, 4.69) is 43.5 Å². The molecule has 0 atom stereocenters. The molecule has 7 nitrogen and oxygen atoms in total. The SMILES string of the molecule is O=C1OC(c2ccc(I)c(Br)c2)=N/C1=C\c1ccc(-c2cccc([N+](=O)[O-])c2)o1. The van der Waals surface area contributed by atoms with Crippen LogP contribution < -0.4 is 0 Å². The maximum Gasteiger partial charge on any atom is 0.363 e. The minimum Gasteiger partial charge on any atom is -0.457 e. The second kappa shape index (κ2) is 7.91. The van der Waals surface area contributed by atoms with Crippen LogP contribution in [0.5, 0.6) is 0 Å². The molecule has 0 radical (unpaired) electrons. The lowest BCUT2D eigenvalue weighted by atomic mass is 10.1. The first-order valence-corrected chi connectivity index (χ1v) is 10.1. The van der Waals surface area contributed by atoms with Gasteiger partial charge in [0.1, 0.15) is 11.5 Å². The van der Waals surface area contributed by atoms with Crippen molar-refractivity contribution in [2.45, 2.75) is 0 Å². The highest BCUT2D eigenvalue weighted by Crippen LogP contribution is 2.28. The van der Waals surface area contributed by atoms with Crippen molar-refractivity contribution >= 4 is 62.2 Å². The summed E-state index contributed by atoms with van der Waals surface area (Å²) < 4.78 is 12.9. The van der Waals surface area contributed by atoms with Gasteiger partial charge in [0, 0.05) is 37.4 Å². The van der Waals surface area contributed by atoms with Gasteiger partial charge < -0.3 is 9.15 Å². The normalized spacial score (nSPS) is 14.8. The lowest BCUT2D eigenvalue weighted by Gasteiger charge is -2.01. The molecule has 0 saturated carbocycles. The van der Waals surface area contributed by atoms with Crippen LogP contribution in [0.15, 0.2) is 74.2 Å². The number of rotatable bonds is 4. The first kappa shape index (κ1) is 19.5. The zero-order valence-corrected chi connectivity index (χ0v) is 18.2. The van der Waals surface area contributed by atoms with Gasteiger partial charge in [-0.05, 0) is 68.9 Å². The summed E-state index contributed by atoms with van der Waals surface area (Å²) in [6, 6.07) is 15.0. The highest BCUT2D eigenvalue weighted by molar-refractivity contribution is 14.1. The van der Waals surface area contributed by atoms with Crippen LogP contribution in [0.3, 0.4) is 0 Å². The first-order chi connectivity index (χ1) is 13.9. The third-order valence-corrected chi connectivity index (χ3v) is 6.37. The summed E-state index contributed by atoms with van der Waals surface area (Å²) >= 11 is 5.63. The lowest BCUT2D eigenvalue weighted by molar-refractivity contribution is -0.384. The van der Waals surface area contributed by atoms with Crippen LogP contribution in [0.4, 0.5) is 5.69 Å². The van der Waals surface area contributed by atoms with Gasteiger partial charge >= 0.3 is 5.97 Å². The maximum atomic E-state index is 12.2. The molecular formula is C20H10BrIN2O5. The number of carbonyl (C=O) groups excluding carboxylic acids is 1. The van der Waals surface area contributed by atoms with Crippen molar-refractivity contribution in [1.29, 1.82) is 0 Å². The van der Waals surface area contributed by atoms with Gasteiger partial charge in [0.25, 0.3) is 5.69 Å². The number of nitrogens with zero attached hydrogens (tertiary/aromatic N) is 2. The Hall–Kier alpha value is -2.79. The van der Waals surface area contributed by atoms with Gasteiger partial charge in [0.15, 0.2) is 5.70 Å². The fraction of sp³-hybridized carbons (Fsp3) is 0. The zero-order valence-electron chi connectivity index (χ0n) is 14.5. The van der Waals surface area contributed by atoms with Crippen molar-refractivity contribution in [3.63, 3.8) is 0 Å². The topological polar surface area (TPSA) is 94.9 Å². The van der Waals surface area contributed by atoms with E-state index in [-0.39, 0.29) is 17.3 Å². The number of furan rings is 1. The molecule has 2 aromatic carbocycles. The quantitative estimate of drug-likeness (QED) is 0.136. The molecule has 0 amide bonds. The van der Waals surface area contributed by atoms with E-state index in [0.717, 1.165) is 8.04 Å². The average molecular weight is 565 g/mol. The first-order valence-electron chi connectivity index (χ1n) is 8.23. The fourth-order valence-electron chi connectivity index (χ4n) is 2.65. The van der Waals surface area contributed by atoms with Gasteiger partial charge in [-0.15, -0.1) is 0 Å². The molecule has 1 aliphatic heterocycles. The van der Waals surface area contributed by atoms with E-state index in [0.29, 0.717) is 22.6 Å². The number of nitro benzene ring substituents is 1. The van der Waals surface area contributed by atoms with Gasteiger partial charge in [0.05, 0.1) is 4.92 Å². The van der Waals surface area contributed by atoms with E-state index in [1.54, 1.807) is 24.3 Å². The molecular weight excluding hydrogens is 555 g/mol. The Morgan fingerprint density at radius 1 is 1.10 bits per heavy atom. The summed E-state index contributed by atoms with van der Waals surface area (Å²) in [5.74, 6) is 0.455. The van der Waals surface area contributed by atoms with E-state index in [9.17, 15) is 14.9 Å². The van der Waals surface area contributed by atoms with Crippen LogP contribution >= 0.6 is 38.5 Å². The highest BCUT2D eigenvalue weighted by Gasteiger charge is 2.25. The molecule has 0 unspecified atom stereocenters. The van der Waals surface area contributed by atoms with Crippen LogP contribution in [0.2, 0.25) is 0 Å². The van der Waals surface area contributed by atoms with Gasteiger partial charge in [-0.1, -0.05) is 12.1 Å². The van der Waals surface area contributed by atoms with E-state index >= 15 is 0 Å². The third kappa shape index (κ3) is 4.15. The summed E-state index contributed by atoms with van der Waals surface area (Å²) in [5.41, 5.74) is 1.31. The summed E-state index contributed by atoms with van der Waals surface area (Å²) in [6.07, 6.45) is 1.47. The highest BCUT2D eigenvalue weighted by atomic mass is 127. The standard InChI is InChI=1S/C20H10BrIN2O5/c21-15-9-12(4-6-16(15)22)19-23-17(20(25)29-19)10-14-5-7-18(28-14)11-2-1-3-13(8-11)24(26)27/h1-10H/b17-10-. The Morgan fingerprint density at radius 3 is 2.69 bits per heavy atom. The molecule has 2 heterocycles. The number of halogens is 2. The third-order valence-electron chi connectivity index (χ3n) is 4.03. The Balaban J connectivity index is 1.62. The number of benzene rings is 2. The van der Waals surface area contributed by atoms with E-state index < -0.39 is 10.9 Å². The lowest BCUT2D eigenvalue weighted by Crippen LogP contribution is -2.05. The predicted octanol–water partition coefficient (Wildman–Crippen LogP) is 5.57. The number of hydrogen-bond acceptors (Lipinski definition) is 6. The number of ether oxygens (including phenoxy) is 1. The molecule has 0 aliphatic carbocycles. The number of carbonyl (C=O) groups is 1. The molecule has 3 aromatic rings. The number of aliphatic imine (C=N–C) groups is 1. The number of esters is 1. The van der Waals surface area contributed by atoms with Gasteiger partial charge in [0.2, 0.25) is 5.90 Å². The summed E-state index contributed by atoms with van der Waals surface area (Å²) in [6.45, 7) is 0. The van der Waals surface area contributed by atoms with Gasteiger partial charge in [-0.2, -0.15) is 0 Å². The van der Waals surface area contributed by atoms with E-state index in [1.807, 2.05) is 18.2 Å². The Morgan fingerprint density at radius 2 is 1.93 bits per heavy atom. The van der Waals surface area contributed by atoms with Gasteiger partial charge in [-0.25, -0.2) is 9.79 Å². The Labute approximate surface area is 186 Å². The van der Waals surface area contributed by atoms with Crippen molar-refractivity contribution in [2.75, 3.05) is 0 Å². The minimum absolute atomic E-state index is 0.0314. The van der Waals surface area contributed by atoms with Crippen LogP contribution in [0.1, 0.15) is 11.3 Å². The summed E-state index contributed by atoms with van der Waals surface area (Å²) in [7, 11) is 0. The zero-order chi connectivity index (χ0) is 20.5. The van der Waals surface area contributed by atoms with Gasteiger partial charge in [-0.3, -0.25) is 10.1 Å². The molecule has 0 bridgehead atoms. The largest absolute Gasteiger partial charge is 0.457 e. The smallest absolute Gasteiger partial charge is 0.363 e. The number of nitro groups is 1. The van der Waals surface area contributed by atoms with E-state index in [4.69, 9.17) is 9.15 Å². The number of hydrogen-bond donors (Lipinski definition) is 0. The monoisotopic (exact) mass is 564 g/mol. The van der Waals surface area contributed by atoms with E-state index in [1.165, 1.54) is 18.2 Å². The Kier molecular flexibility index (Phi) is 5.33. The summed E-state index contributed by atoms with van der Waals surface area (Å²) in [4.78, 5) is 26.9.